The number of allylic oxidation sites excluding steroid dienone is 1. The van der Waals surface area contributed by atoms with Crippen molar-refractivity contribution in [1.82, 2.24) is 4.90 Å². The molecule has 0 saturated heterocycles. The standard InChI is InChI=1S/C12H25NO/c1-5-6-7-8-13(4)12(10-14)9-11(2)3/h10-11,14H,5-9H2,1-4H3/b12-10+. The molecule has 0 fully saturated rings. The van der Waals surface area contributed by atoms with Crippen molar-refractivity contribution in [2.24, 2.45) is 5.92 Å². The van der Waals surface area contributed by atoms with E-state index in [0.29, 0.717) is 5.92 Å². The van der Waals surface area contributed by atoms with Gasteiger partial charge < -0.3 is 10.0 Å². The SMILES string of the molecule is CCCCCN(C)/C(=C/O)CC(C)C. The number of hydrogen-bond donors (Lipinski definition) is 1. The Hall–Kier alpha value is -0.660. The van der Waals surface area contributed by atoms with Crippen molar-refractivity contribution >= 4 is 0 Å². The van der Waals surface area contributed by atoms with Gasteiger partial charge in [-0.1, -0.05) is 33.6 Å². The molecule has 0 aliphatic rings. The lowest BCUT2D eigenvalue weighted by atomic mass is 10.1. The highest BCUT2D eigenvalue weighted by atomic mass is 16.2. The van der Waals surface area contributed by atoms with Crippen molar-refractivity contribution in [3.05, 3.63) is 12.0 Å². The topological polar surface area (TPSA) is 23.5 Å². The Labute approximate surface area is 88.6 Å². The molecule has 0 amide bonds. The Bertz CT molecular complexity index is 164. The van der Waals surface area contributed by atoms with Crippen LogP contribution in [0.25, 0.3) is 0 Å². The quantitative estimate of drug-likeness (QED) is 0.500. The van der Waals surface area contributed by atoms with E-state index in [-0.39, 0.29) is 0 Å². The summed E-state index contributed by atoms with van der Waals surface area (Å²) >= 11 is 0. The summed E-state index contributed by atoms with van der Waals surface area (Å²) in [5, 5.41) is 9.10. The van der Waals surface area contributed by atoms with Crippen LogP contribution in [-0.4, -0.2) is 23.6 Å². The van der Waals surface area contributed by atoms with Gasteiger partial charge in [0.05, 0.1) is 6.26 Å². The smallest absolute Gasteiger partial charge is 0.0982 e. The van der Waals surface area contributed by atoms with E-state index in [0.717, 1.165) is 18.7 Å². The predicted octanol–water partition coefficient (Wildman–Crippen LogP) is 3.55. The Kier molecular flexibility index (Phi) is 7.35. The third-order valence-electron chi connectivity index (χ3n) is 2.35. The van der Waals surface area contributed by atoms with Gasteiger partial charge in [0.2, 0.25) is 0 Å². The van der Waals surface area contributed by atoms with Crippen molar-refractivity contribution in [1.29, 1.82) is 0 Å². The van der Waals surface area contributed by atoms with Gasteiger partial charge in [-0.3, -0.25) is 0 Å². The van der Waals surface area contributed by atoms with Gasteiger partial charge in [0, 0.05) is 19.3 Å². The van der Waals surface area contributed by atoms with Crippen LogP contribution in [0.2, 0.25) is 0 Å². The van der Waals surface area contributed by atoms with Gasteiger partial charge >= 0.3 is 0 Å². The van der Waals surface area contributed by atoms with E-state index in [1.54, 1.807) is 0 Å². The molecule has 0 heterocycles. The second kappa shape index (κ2) is 7.72. The predicted molar refractivity (Wildman–Crippen MR) is 62.3 cm³/mol. The number of unbranched alkanes of at least 4 members (excludes halogenated alkanes) is 2. The van der Waals surface area contributed by atoms with Crippen molar-refractivity contribution < 1.29 is 5.11 Å². The van der Waals surface area contributed by atoms with Gasteiger partial charge in [-0.25, -0.2) is 0 Å². The van der Waals surface area contributed by atoms with Crippen LogP contribution in [0, 0.1) is 5.92 Å². The molecule has 0 rings (SSSR count). The minimum atomic E-state index is 0.599. The molecule has 0 aliphatic heterocycles. The first-order valence-corrected chi connectivity index (χ1v) is 5.66. The second-order valence-corrected chi connectivity index (χ2v) is 4.35. The van der Waals surface area contributed by atoms with E-state index >= 15 is 0 Å². The zero-order chi connectivity index (χ0) is 11.0. The summed E-state index contributed by atoms with van der Waals surface area (Å²) in [5.41, 5.74) is 1.05. The molecule has 0 aromatic rings. The average molecular weight is 199 g/mol. The highest BCUT2D eigenvalue weighted by molar-refractivity contribution is 4.96. The molecular weight excluding hydrogens is 174 g/mol. The summed E-state index contributed by atoms with van der Waals surface area (Å²) in [6.45, 7) is 7.59. The van der Waals surface area contributed by atoms with Gasteiger partial charge in [0.25, 0.3) is 0 Å². The molecule has 2 nitrogen and oxygen atoms in total. The average Bonchev–Trinajstić information content (AvgIpc) is 2.14. The molecule has 0 radical (unpaired) electrons. The Morgan fingerprint density at radius 2 is 2.00 bits per heavy atom. The third-order valence-corrected chi connectivity index (χ3v) is 2.35. The molecule has 0 atom stereocenters. The lowest BCUT2D eigenvalue weighted by Crippen LogP contribution is -2.20. The Morgan fingerprint density at radius 3 is 2.43 bits per heavy atom. The Morgan fingerprint density at radius 1 is 1.36 bits per heavy atom. The van der Waals surface area contributed by atoms with Gasteiger partial charge in [0.1, 0.15) is 0 Å². The fraction of sp³-hybridized carbons (Fsp3) is 0.833. The van der Waals surface area contributed by atoms with Crippen LogP contribution in [-0.2, 0) is 0 Å². The maximum atomic E-state index is 9.10. The summed E-state index contributed by atoms with van der Waals surface area (Å²) in [6, 6.07) is 0. The van der Waals surface area contributed by atoms with Gasteiger partial charge in [-0.05, 0) is 18.8 Å². The molecule has 14 heavy (non-hydrogen) atoms. The summed E-state index contributed by atoms with van der Waals surface area (Å²) < 4.78 is 0. The van der Waals surface area contributed by atoms with Crippen molar-refractivity contribution in [2.45, 2.75) is 46.5 Å². The number of nitrogens with zero attached hydrogens (tertiary/aromatic N) is 1. The molecule has 0 aromatic carbocycles. The lowest BCUT2D eigenvalue weighted by molar-refractivity contribution is 0.343. The third kappa shape index (κ3) is 5.90. The number of hydrogen-bond acceptors (Lipinski definition) is 2. The molecule has 0 aromatic heterocycles. The van der Waals surface area contributed by atoms with E-state index in [9.17, 15) is 0 Å². The Balaban J connectivity index is 3.87. The van der Waals surface area contributed by atoms with E-state index in [2.05, 4.69) is 32.7 Å². The van der Waals surface area contributed by atoms with Gasteiger partial charge in [-0.2, -0.15) is 0 Å². The first-order valence-electron chi connectivity index (χ1n) is 5.66. The highest BCUT2D eigenvalue weighted by Crippen LogP contribution is 2.14. The second-order valence-electron chi connectivity index (χ2n) is 4.35. The number of aliphatic hydroxyl groups excluding tert-OH is 1. The van der Waals surface area contributed by atoms with Crippen LogP contribution >= 0.6 is 0 Å². The summed E-state index contributed by atoms with van der Waals surface area (Å²) in [6.07, 6.45) is 5.94. The zero-order valence-corrected chi connectivity index (χ0v) is 10.1. The molecule has 0 unspecified atom stereocenters. The molecule has 1 N–H and O–H groups in total. The molecule has 2 heteroatoms. The summed E-state index contributed by atoms with van der Waals surface area (Å²) in [7, 11) is 2.06. The molecular formula is C12H25NO. The van der Waals surface area contributed by atoms with Crippen LogP contribution in [0.1, 0.15) is 46.5 Å². The van der Waals surface area contributed by atoms with Crippen LogP contribution in [0.3, 0.4) is 0 Å². The molecule has 0 aliphatic carbocycles. The fourth-order valence-electron chi connectivity index (χ4n) is 1.47. The monoisotopic (exact) mass is 199 g/mol. The van der Waals surface area contributed by atoms with Crippen molar-refractivity contribution in [3.63, 3.8) is 0 Å². The first-order chi connectivity index (χ1) is 6.61. The van der Waals surface area contributed by atoms with Crippen LogP contribution < -0.4 is 0 Å². The number of rotatable bonds is 7. The largest absolute Gasteiger partial charge is 0.514 e. The molecule has 84 valence electrons. The highest BCUT2D eigenvalue weighted by Gasteiger charge is 2.06. The summed E-state index contributed by atoms with van der Waals surface area (Å²) in [4.78, 5) is 2.16. The first kappa shape index (κ1) is 13.3. The fourth-order valence-corrected chi connectivity index (χ4v) is 1.47. The van der Waals surface area contributed by atoms with Crippen LogP contribution in [0.15, 0.2) is 12.0 Å². The summed E-state index contributed by atoms with van der Waals surface area (Å²) in [5.74, 6) is 0.599. The van der Waals surface area contributed by atoms with Crippen molar-refractivity contribution in [3.8, 4) is 0 Å². The van der Waals surface area contributed by atoms with E-state index in [4.69, 9.17) is 5.11 Å². The lowest BCUT2D eigenvalue weighted by Gasteiger charge is -2.22. The normalized spacial score (nSPS) is 12.2. The van der Waals surface area contributed by atoms with E-state index < -0.39 is 0 Å². The maximum absolute atomic E-state index is 9.10. The van der Waals surface area contributed by atoms with E-state index in [1.807, 2.05) is 0 Å². The van der Waals surface area contributed by atoms with Gasteiger partial charge in [-0.15, -0.1) is 0 Å². The number of aliphatic hydroxyl groups is 1. The molecule has 0 saturated carbocycles. The molecule has 0 spiro atoms. The van der Waals surface area contributed by atoms with E-state index in [1.165, 1.54) is 25.5 Å². The maximum Gasteiger partial charge on any atom is 0.0982 e. The minimum Gasteiger partial charge on any atom is -0.514 e. The zero-order valence-electron chi connectivity index (χ0n) is 10.1. The molecule has 0 bridgehead atoms. The van der Waals surface area contributed by atoms with Crippen LogP contribution in [0.5, 0.6) is 0 Å². The van der Waals surface area contributed by atoms with Crippen LogP contribution in [0.4, 0.5) is 0 Å². The van der Waals surface area contributed by atoms with Gasteiger partial charge in [0.15, 0.2) is 0 Å². The van der Waals surface area contributed by atoms with Crippen molar-refractivity contribution in [2.75, 3.05) is 13.6 Å². The minimum absolute atomic E-state index is 0.599.